The molecule has 0 atom stereocenters. The fourth-order valence-electron chi connectivity index (χ4n) is 1.63. The molecule has 0 saturated heterocycles. The normalized spacial score (nSPS) is 10.3. The molecule has 1 amide bonds. The lowest BCUT2D eigenvalue weighted by atomic mass is 10.1. The fraction of sp³-hybridized carbons (Fsp3) is 0.462. The first-order chi connectivity index (χ1) is 8.06. The Hall–Kier alpha value is -1.22. The van der Waals surface area contributed by atoms with Gasteiger partial charge in [-0.25, -0.2) is 0 Å². The van der Waals surface area contributed by atoms with Crippen LogP contribution in [0.4, 0.5) is 5.69 Å². The van der Waals surface area contributed by atoms with Gasteiger partial charge in [0.1, 0.15) is 0 Å². The van der Waals surface area contributed by atoms with E-state index < -0.39 is 0 Å². The van der Waals surface area contributed by atoms with Gasteiger partial charge >= 0.3 is 0 Å². The Morgan fingerprint density at radius 3 is 2.71 bits per heavy atom. The monoisotopic (exact) mass is 254 g/mol. The number of halogens is 1. The van der Waals surface area contributed by atoms with E-state index in [1.54, 1.807) is 30.1 Å². The van der Waals surface area contributed by atoms with Crippen LogP contribution in [0.3, 0.4) is 0 Å². The molecule has 17 heavy (non-hydrogen) atoms. The lowest BCUT2D eigenvalue weighted by Gasteiger charge is -2.18. The van der Waals surface area contributed by atoms with Crippen LogP contribution in [-0.4, -0.2) is 24.4 Å². The van der Waals surface area contributed by atoms with Crippen LogP contribution < -0.4 is 5.73 Å². The third kappa shape index (κ3) is 3.93. The van der Waals surface area contributed by atoms with Crippen LogP contribution >= 0.6 is 11.6 Å². The van der Waals surface area contributed by atoms with E-state index in [4.69, 9.17) is 17.3 Å². The molecular formula is C13H19ClN2O. The average molecular weight is 255 g/mol. The highest BCUT2D eigenvalue weighted by atomic mass is 35.5. The Bertz CT molecular complexity index is 393. The third-order valence-corrected chi connectivity index (χ3v) is 2.92. The summed E-state index contributed by atoms with van der Waals surface area (Å²) >= 11 is 5.80. The summed E-state index contributed by atoms with van der Waals surface area (Å²) in [6, 6.07) is 4.97. The van der Waals surface area contributed by atoms with Gasteiger partial charge in [-0.3, -0.25) is 4.79 Å². The zero-order valence-corrected chi connectivity index (χ0v) is 11.1. The predicted octanol–water partition coefficient (Wildman–Crippen LogP) is 3.18. The SMILES string of the molecule is CCCCCN(C)C(=O)c1ccc(Cl)cc1N. The average Bonchev–Trinajstić information content (AvgIpc) is 2.28. The topological polar surface area (TPSA) is 46.3 Å². The molecule has 3 nitrogen and oxygen atoms in total. The minimum Gasteiger partial charge on any atom is -0.398 e. The Morgan fingerprint density at radius 2 is 2.12 bits per heavy atom. The molecule has 0 aromatic heterocycles. The maximum absolute atomic E-state index is 12.1. The summed E-state index contributed by atoms with van der Waals surface area (Å²) in [5.41, 5.74) is 6.74. The number of nitrogen functional groups attached to an aromatic ring is 1. The summed E-state index contributed by atoms with van der Waals surface area (Å²) in [4.78, 5) is 13.8. The van der Waals surface area contributed by atoms with E-state index in [1.165, 1.54) is 0 Å². The van der Waals surface area contributed by atoms with Crippen LogP contribution in [0.1, 0.15) is 36.5 Å². The highest BCUT2D eigenvalue weighted by Crippen LogP contribution is 2.19. The van der Waals surface area contributed by atoms with E-state index >= 15 is 0 Å². The van der Waals surface area contributed by atoms with Gasteiger partial charge in [-0.15, -0.1) is 0 Å². The molecule has 4 heteroatoms. The summed E-state index contributed by atoms with van der Waals surface area (Å²) in [5, 5.41) is 0.549. The molecule has 0 aliphatic rings. The van der Waals surface area contributed by atoms with E-state index in [-0.39, 0.29) is 5.91 Å². The van der Waals surface area contributed by atoms with Crippen molar-refractivity contribution in [2.24, 2.45) is 0 Å². The maximum Gasteiger partial charge on any atom is 0.255 e. The maximum atomic E-state index is 12.1. The zero-order valence-electron chi connectivity index (χ0n) is 10.4. The molecule has 0 bridgehead atoms. The van der Waals surface area contributed by atoms with E-state index in [9.17, 15) is 4.79 Å². The molecule has 0 radical (unpaired) electrons. The molecule has 94 valence electrons. The van der Waals surface area contributed by atoms with Crippen LogP contribution in [0, 0.1) is 0 Å². The Balaban J connectivity index is 2.68. The number of nitrogens with zero attached hydrogens (tertiary/aromatic N) is 1. The van der Waals surface area contributed by atoms with Crippen molar-refractivity contribution >= 4 is 23.2 Å². The standard InChI is InChI=1S/C13H19ClN2O/c1-3-4-5-8-16(2)13(17)11-7-6-10(14)9-12(11)15/h6-7,9H,3-5,8,15H2,1-2H3. The molecule has 1 aromatic carbocycles. The van der Waals surface area contributed by atoms with Crippen molar-refractivity contribution < 1.29 is 4.79 Å². The van der Waals surface area contributed by atoms with E-state index in [0.717, 1.165) is 25.8 Å². The number of unbranched alkanes of at least 4 members (excludes halogenated alkanes) is 2. The van der Waals surface area contributed by atoms with E-state index in [1.807, 2.05) is 0 Å². The molecule has 1 rings (SSSR count). The van der Waals surface area contributed by atoms with Crippen molar-refractivity contribution in [1.29, 1.82) is 0 Å². The second-order valence-electron chi connectivity index (χ2n) is 4.17. The first-order valence-corrected chi connectivity index (χ1v) is 6.24. The number of carbonyl (C=O) groups excluding carboxylic acids is 1. The van der Waals surface area contributed by atoms with Gasteiger partial charge in [0.25, 0.3) is 5.91 Å². The van der Waals surface area contributed by atoms with Crippen molar-refractivity contribution in [2.75, 3.05) is 19.3 Å². The second-order valence-corrected chi connectivity index (χ2v) is 4.60. The first-order valence-electron chi connectivity index (χ1n) is 5.86. The molecule has 1 aromatic rings. The molecular weight excluding hydrogens is 236 g/mol. The molecule has 0 saturated carbocycles. The Morgan fingerprint density at radius 1 is 1.41 bits per heavy atom. The van der Waals surface area contributed by atoms with E-state index in [0.29, 0.717) is 16.3 Å². The van der Waals surface area contributed by atoms with Crippen molar-refractivity contribution in [3.63, 3.8) is 0 Å². The third-order valence-electron chi connectivity index (χ3n) is 2.69. The quantitative estimate of drug-likeness (QED) is 0.648. The molecule has 0 aliphatic carbocycles. The van der Waals surface area contributed by atoms with Gasteiger partial charge < -0.3 is 10.6 Å². The van der Waals surface area contributed by atoms with Crippen molar-refractivity contribution in [2.45, 2.75) is 26.2 Å². The van der Waals surface area contributed by atoms with Crippen molar-refractivity contribution in [1.82, 2.24) is 4.90 Å². The summed E-state index contributed by atoms with van der Waals surface area (Å²) in [5.74, 6) is -0.0460. The largest absolute Gasteiger partial charge is 0.398 e. The number of carbonyl (C=O) groups is 1. The number of nitrogens with two attached hydrogens (primary N) is 1. The molecule has 0 aliphatic heterocycles. The zero-order chi connectivity index (χ0) is 12.8. The Kier molecular flexibility index (Phi) is 5.29. The van der Waals surface area contributed by atoms with Crippen LogP contribution in [0.15, 0.2) is 18.2 Å². The van der Waals surface area contributed by atoms with E-state index in [2.05, 4.69) is 6.92 Å². The van der Waals surface area contributed by atoms with Gasteiger partial charge in [-0.05, 0) is 24.6 Å². The highest BCUT2D eigenvalue weighted by Gasteiger charge is 2.14. The summed E-state index contributed by atoms with van der Waals surface area (Å²) in [6.45, 7) is 2.90. The Labute approximate surface area is 108 Å². The summed E-state index contributed by atoms with van der Waals surface area (Å²) in [7, 11) is 1.80. The fourth-order valence-corrected chi connectivity index (χ4v) is 1.82. The minimum absolute atomic E-state index is 0.0460. The lowest BCUT2D eigenvalue weighted by molar-refractivity contribution is 0.0793. The molecule has 0 fully saturated rings. The molecule has 2 N–H and O–H groups in total. The van der Waals surface area contributed by atoms with Crippen LogP contribution in [0.25, 0.3) is 0 Å². The van der Waals surface area contributed by atoms with Gasteiger partial charge in [0, 0.05) is 24.3 Å². The van der Waals surface area contributed by atoms with Crippen molar-refractivity contribution in [3.05, 3.63) is 28.8 Å². The molecule has 0 spiro atoms. The lowest BCUT2D eigenvalue weighted by Crippen LogP contribution is -2.28. The number of anilines is 1. The number of hydrogen-bond acceptors (Lipinski definition) is 2. The van der Waals surface area contributed by atoms with Crippen LogP contribution in [0.2, 0.25) is 5.02 Å². The number of rotatable bonds is 5. The van der Waals surface area contributed by atoms with Gasteiger partial charge in [0.2, 0.25) is 0 Å². The molecule has 0 heterocycles. The molecule has 0 unspecified atom stereocenters. The highest BCUT2D eigenvalue weighted by molar-refractivity contribution is 6.31. The summed E-state index contributed by atoms with van der Waals surface area (Å²) < 4.78 is 0. The predicted molar refractivity (Wildman–Crippen MR) is 72.3 cm³/mol. The second kappa shape index (κ2) is 6.50. The number of benzene rings is 1. The van der Waals surface area contributed by atoms with Crippen LogP contribution in [0.5, 0.6) is 0 Å². The smallest absolute Gasteiger partial charge is 0.255 e. The van der Waals surface area contributed by atoms with Crippen LogP contribution in [-0.2, 0) is 0 Å². The van der Waals surface area contributed by atoms with Gasteiger partial charge in [0.05, 0.1) is 5.56 Å². The number of amides is 1. The first kappa shape index (κ1) is 13.8. The minimum atomic E-state index is -0.0460. The van der Waals surface area contributed by atoms with Gasteiger partial charge in [-0.1, -0.05) is 31.4 Å². The summed E-state index contributed by atoms with van der Waals surface area (Å²) in [6.07, 6.45) is 3.30. The van der Waals surface area contributed by atoms with Crippen molar-refractivity contribution in [3.8, 4) is 0 Å². The van der Waals surface area contributed by atoms with Gasteiger partial charge in [-0.2, -0.15) is 0 Å². The number of hydrogen-bond donors (Lipinski definition) is 1. The van der Waals surface area contributed by atoms with Gasteiger partial charge in [0.15, 0.2) is 0 Å².